The molecule has 0 amide bonds. The molecule has 8 nitrogen and oxygen atoms in total. The van der Waals surface area contributed by atoms with Crippen molar-refractivity contribution >= 4 is 17.5 Å². The Morgan fingerprint density at radius 1 is 1.00 bits per heavy atom. The van der Waals surface area contributed by atoms with Gasteiger partial charge in [-0.05, 0) is 6.07 Å². The summed E-state index contributed by atoms with van der Waals surface area (Å²) in [6.45, 7) is 3.22. The van der Waals surface area contributed by atoms with E-state index < -0.39 is 0 Å². The summed E-state index contributed by atoms with van der Waals surface area (Å²) in [7, 11) is 1.55. The molecule has 110 valence electrons. The van der Waals surface area contributed by atoms with Crippen molar-refractivity contribution in [2.45, 2.75) is 0 Å². The Morgan fingerprint density at radius 3 is 2.33 bits per heavy atom. The molecule has 0 bridgehead atoms. The van der Waals surface area contributed by atoms with Crippen molar-refractivity contribution in [3.05, 3.63) is 24.8 Å². The van der Waals surface area contributed by atoms with Crippen LogP contribution in [0, 0.1) is 0 Å². The van der Waals surface area contributed by atoms with Crippen molar-refractivity contribution in [3.8, 4) is 5.88 Å². The van der Waals surface area contributed by atoms with E-state index in [1.807, 2.05) is 6.07 Å². The number of rotatable bonds is 3. The van der Waals surface area contributed by atoms with Crippen LogP contribution in [0.2, 0.25) is 0 Å². The SMILES string of the molecule is COc1ncnc(N2CCN(c3ncccn3)CC2)c1N. The molecule has 0 atom stereocenters. The third-order valence-electron chi connectivity index (χ3n) is 3.43. The second-order valence-electron chi connectivity index (χ2n) is 4.64. The Labute approximate surface area is 122 Å². The number of hydrogen-bond acceptors (Lipinski definition) is 8. The van der Waals surface area contributed by atoms with E-state index in [0.29, 0.717) is 11.6 Å². The molecule has 8 heteroatoms. The monoisotopic (exact) mass is 287 g/mol. The third kappa shape index (κ3) is 2.64. The Kier molecular flexibility index (Phi) is 3.67. The van der Waals surface area contributed by atoms with E-state index in [0.717, 1.165) is 37.9 Å². The Balaban J connectivity index is 1.72. The molecule has 21 heavy (non-hydrogen) atoms. The molecular formula is C13H17N7O. The van der Waals surface area contributed by atoms with E-state index in [2.05, 4.69) is 29.7 Å². The number of ether oxygens (including phenoxy) is 1. The topological polar surface area (TPSA) is 93.3 Å². The maximum atomic E-state index is 6.04. The smallest absolute Gasteiger partial charge is 0.242 e. The summed E-state index contributed by atoms with van der Waals surface area (Å²) in [5.41, 5.74) is 6.52. The number of aromatic nitrogens is 4. The zero-order valence-electron chi connectivity index (χ0n) is 11.8. The molecule has 1 fully saturated rings. The average molecular weight is 287 g/mol. The van der Waals surface area contributed by atoms with E-state index in [1.165, 1.54) is 6.33 Å². The first-order valence-electron chi connectivity index (χ1n) is 6.71. The fourth-order valence-electron chi connectivity index (χ4n) is 2.36. The van der Waals surface area contributed by atoms with Gasteiger partial charge in [-0.2, -0.15) is 4.98 Å². The van der Waals surface area contributed by atoms with Gasteiger partial charge in [0.15, 0.2) is 5.82 Å². The fourth-order valence-corrected chi connectivity index (χ4v) is 2.36. The molecule has 3 rings (SSSR count). The van der Waals surface area contributed by atoms with Crippen LogP contribution < -0.4 is 20.3 Å². The lowest BCUT2D eigenvalue weighted by Crippen LogP contribution is -2.47. The van der Waals surface area contributed by atoms with Crippen LogP contribution in [-0.2, 0) is 0 Å². The lowest BCUT2D eigenvalue weighted by Gasteiger charge is -2.35. The van der Waals surface area contributed by atoms with E-state index in [1.54, 1.807) is 19.5 Å². The summed E-state index contributed by atoms with van der Waals surface area (Å²) < 4.78 is 5.13. The maximum Gasteiger partial charge on any atom is 0.242 e. The zero-order valence-corrected chi connectivity index (χ0v) is 11.8. The summed E-state index contributed by atoms with van der Waals surface area (Å²) in [5.74, 6) is 1.88. The molecular weight excluding hydrogens is 270 g/mol. The molecule has 2 N–H and O–H groups in total. The van der Waals surface area contributed by atoms with Crippen LogP contribution in [0.1, 0.15) is 0 Å². The van der Waals surface area contributed by atoms with Crippen LogP contribution in [0.3, 0.4) is 0 Å². The lowest BCUT2D eigenvalue weighted by molar-refractivity contribution is 0.399. The number of methoxy groups -OCH3 is 1. The van der Waals surface area contributed by atoms with E-state index in [4.69, 9.17) is 10.5 Å². The number of anilines is 3. The highest BCUT2D eigenvalue weighted by Crippen LogP contribution is 2.28. The van der Waals surface area contributed by atoms with Crippen molar-refractivity contribution in [3.63, 3.8) is 0 Å². The first-order chi connectivity index (χ1) is 10.3. The van der Waals surface area contributed by atoms with Gasteiger partial charge in [0.2, 0.25) is 11.8 Å². The highest BCUT2D eigenvalue weighted by Gasteiger charge is 2.22. The number of piperazine rings is 1. The first kappa shape index (κ1) is 13.3. The Morgan fingerprint density at radius 2 is 1.67 bits per heavy atom. The van der Waals surface area contributed by atoms with Crippen LogP contribution in [-0.4, -0.2) is 53.2 Å². The molecule has 0 unspecified atom stereocenters. The fraction of sp³-hybridized carbons (Fsp3) is 0.385. The van der Waals surface area contributed by atoms with E-state index in [9.17, 15) is 0 Å². The predicted molar refractivity (Wildman–Crippen MR) is 79.5 cm³/mol. The number of nitrogens with zero attached hydrogens (tertiary/aromatic N) is 6. The van der Waals surface area contributed by atoms with Gasteiger partial charge in [-0.25, -0.2) is 15.0 Å². The van der Waals surface area contributed by atoms with Crippen molar-refractivity contribution < 1.29 is 4.74 Å². The quantitative estimate of drug-likeness (QED) is 0.854. The van der Waals surface area contributed by atoms with Crippen molar-refractivity contribution in [2.75, 3.05) is 48.8 Å². The molecule has 2 aromatic heterocycles. The molecule has 0 spiro atoms. The van der Waals surface area contributed by atoms with E-state index in [-0.39, 0.29) is 0 Å². The summed E-state index contributed by atoms with van der Waals surface area (Å²) in [6.07, 6.45) is 4.97. The summed E-state index contributed by atoms with van der Waals surface area (Å²) in [6, 6.07) is 1.81. The Hall–Kier alpha value is -2.64. The minimum absolute atomic E-state index is 0.411. The average Bonchev–Trinajstić information content (AvgIpc) is 2.56. The van der Waals surface area contributed by atoms with Gasteiger partial charge in [0.25, 0.3) is 0 Å². The molecule has 0 radical (unpaired) electrons. The molecule has 0 saturated carbocycles. The highest BCUT2D eigenvalue weighted by molar-refractivity contribution is 5.68. The molecule has 0 aromatic carbocycles. The van der Waals surface area contributed by atoms with Crippen LogP contribution in [0.15, 0.2) is 24.8 Å². The van der Waals surface area contributed by atoms with Crippen molar-refractivity contribution in [2.24, 2.45) is 0 Å². The molecule has 3 heterocycles. The van der Waals surface area contributed by atoms with Gasteiger partial charge in [-0.1, -0.05) is 0 Å². The van der Waals surface area contributed by atoms with Crippen LogP contribution in [0.25, 0.3) is 0 Å². The highest BCUT2D eigenvalue weighted by atomic mass is 16.5. The second-order valence-corrected chi connectivity index (χ2v) is 4.64. The van der Waals surface area contributed by atoms with Gasteiger partial charge in [-0.3, -0.25) is 0 Å². The standard InChI is InChI=1S/C13H17N7O/c1-21-12-10(14)11(17-9-18-12)19-5-7-20(8-6-19)13-15-3-2-4-16-13/h2-4,9H,5-8,14H2,1H3. The molecule has 1 saturated heterocycles. The molecule has 0 aliphatic carbocycles. The van der Waals surface area contributed by atoms with E-state index >= 15 is 0 Å². The second kappa shape index (κ2) is 5.78. The summed E-state index contributed by atoms with van der Waals surface area (Å²) >= 11 is 0. The minimum atomic E-state index is 0.411. The predicted octanol–water partition coefficient (Wildman–Crippen LogP) is 0.184. The zero-order chi connectivity index (χ0) is 14.7. The lowest BCUT2D eigenvalue weighted by atomic mass is 10.3. The number of nitrogens with two attached hydrogens (primary N) is 1. The van der Waals surface area contributed by atoms with Crippen molar-refractivity contribution in [1.29, 1.82) is 0 Å². The summed E-state index contributed by atoms with van der Waals surface area (Å²) in [5, 5.41) is 0. The third-order valence-corrected chi connectivity index (χ3v) is 3.43. The Bertz CT molecular complexity index is 599. The number of hydrogen-bond donors (Lipinski definition) is 1. The van der Waals surface area contributed by atoms with Crippen LogP contribution in [0.4, 0.5) is 17.5 Å². The van der Waals surface area contributed by atoms with Gasteiger partial charge in [0, 0.05) is 38.6 Å². The molecule has 2 aromatic rings. The van der Waals surface area contributed by atoms with Gasteiger partial charge in [0.1, 0.15) is 12.0 Å². The minimum Gasteiger partial charge on any atom is -0.479 e. The van der Waals surface area contributed by atoms with Gasteiger partial charge >= 0.3 is 0 Å². The van der Waals surface area contributed by atoms with Gasteiger partial charge in [0.05, 0.1) is 7.11 Å². The van der Waals surface area contributed by atoms with Gasteiger partial charge in [-0.15, -0.1) is 0 Å². The normalized spacial score (nSPS) is 15.1. The molecule has 1 aliphatic rings. The number of nitrogen functional groups attached to an aromatic ring is 1. The largest absolute Gasteiger partial charge is 0.479 e. The maximum absolute atomic E-state index is 6.04. The van der Waals surface area contributed by atoms with Gasteiger partial charge < -0.3 is 20.3 Å². The van der Waals surface area contributed by atoms with Crippen LogP contribution in [0.5, 0.6) is 5.88 Å². The summed E-state index contributed by atoms with van der Waals surface area (Å²) in [4.78, 5) is 21.1. The molecule has 1 aliphatic heterocycles. The van der Waals surface area contributed by atoms with Crippen molar-refractivity contribution in [1.82, 2.24) is 19.9 Å². The van der Waals surface area contributed by atoms with Crippen LogP contribution >= 0.6 is 0 Å². The first-order valence-corrected chi connectivity index (χ1v) is 6.71.